The molecule has 0 spiro atoms. The SMILES string of the molecule is COc1ccc(C2=NNC(=Nc3ccccc3[N+](=O)[O-])SC2)cc1OC. The van der Waals surface area contributed by atoms with E-state index in [-0.39, 0.29) is 11.4 Å². The monoisotopic (exact) mass is 372 g/mol. The molecule has 1 aliphatic heterocycles. The number of ether oxygens (including phenoxy) is 2. The van der Waals surface area contributed by atoms with Crippen LogP contribution in [0, 0.1) is 10.1 Å². The highest BCUT2D eigenvalue weighted by Crippen LogP contribution is 2.30. The molecular weight excluding hydrogens is 356 g/mol. The van der Waals surface area contributed by atoms with Crippen LogP contribution in [0.25, 0.3) is 0 Å². The molecule has 0 radical (unpaired) electrons. The number of hydrazone groups is 1. The minimum absolute atomic E-state index is 0.0444. The van der Waals surface area contributed by atoms with Gasteiger partial charge in [-0.1, -0.05) is 23.9 Å². The Morgan fingerprint density at radius 2 is 1.96 bits per heavy atom. The summed E-state index contributed by atoms with van der Waals surface area (Å²) in [5, 5.41) is 15.9. The minimum Gasteiger partial charge on any atom is -0.493 e. The summed E-state index contributed by atoms with van der Waals surface area (Å²) in [6.45, 7) is 0. The molecule has 0 bridgehead atoms. The highest BCUT2D eigenvalue weighted by molar-refractivity contribution is 8.14. The summed E-state index contributed by atoms with van der Waals surface area (Å²) in [5.41, 5.74) is 4.81. The third kappa shape index (κ3) is 3.77. The van der Waals surface area contributed by atoms with Crippen molar-refractivity contribution >= 4 is 34.0 Å². The molecule has 1 N–H and O–H groups in total. The third-order valence-electron chi connectivity index (χ3n) is 3.65. The molecular formula is C17H16N4O4S. The molecule has 2 aromatic carbocycles. The first-order valence-corrected chi connectivity index (χ1v) is 8.61. The zero-order valence-corrected chi connectivity index (χ0v) is 14.9. The van der Waals surface area contributed by atoms with Crippen molar-refractivity contribution in [1.29, 1.82) is 0 Å². The number of hydrogen-bond acceptors (Lipinski definition) is 7. The summed E-state index contributed by atoms with van der Waals surface area (Å²) < 4.78 is 10.5. The Labute approximate surface area is 154 Å². The lowest BCUT2D eigenvalue weighted by Crippen LogP contribution is -2.25. The molecule has 0 aliphatic carbocycles. The first-order valence-electron chi connectivity index (χ1n) is 7.62. The van der Waals surface area contributed by atoms with E-state index in [1.54, 1.807) is 32.4 Å². The number of para-hydroxylation sites is 2. The van der Waals surface area contributed by atoms with Crippen molar-refractivity contribution in [2.45, 2.75) is 0 Å². The van der Waals surface area contributed by atoms with Gasteiger partial charge in [0, 0.05) is 17.4 Å². The van der Waals surface area contributed by atoms with E-state index in [2.05, 4.69) is 15.5 Å². The number of methoxy groups -OCH3 is 2. The summed E-state index contributed by atoms with van der Waals surface area (Å²) in [5.74, 6) is 1.84. The van der Waals surface area contributed by atoms with Gasteiger partial charge in [-0.3, -0.25) is 15.5 Å². The maximum Gasteiger partial charge on any atom is 0.294 e. The number of nitrogens with zero attached hydrogens (tertiary/aromatic N) is 3. The largest absolute Gasteiger partial charge is 0.493 e. The number of nitrogens with one attached hydrogen (secondary N) is 1. The quantitative estimate of drug-likeness (QED) is 0.638. The van der Waals surface area contributed by atoms with Gasteiger partial charge in [-0.15, -0.1) is 0 Å². The number of aliphatic imine (C=N–C) groups is 1. The molecule has 1 heterocycles. The van der Waals surface area contributed by atoms with Gasteiger partial charge >= 0.3 is 0 Å². The predicted molar refractivity (Wildman–Crippen MR) is 102 cm³/mol. The summed E-state index contributed by atoms with van der Waals surface area (Å²) in [6, 6.07) is 11.9. The second kappa shape index (κ2) is 7.87. The van der Waals surface area contributed by atoms with Gasteiger partial charge in [0.2, 0.25) is 0 Å². The van der Waals surface area contributed by atoms with E-state index in [1.165, 1.54) is 17.8 Å². The van der Waals surface area contributed by atoms with Gasteiger partial charge in [0.05, 0.1) is 24.9 Å². The van der Waals surface area contributed by atoms with Crippen LogP contribution < -0.4 is 14.9 Å². The van der Waals surface area contributed by atoms with E-state index in [9.17, 15) is 10.1 Å². The molecule has 26 heavy (non-hydrogen) atoms. The van der Waals surface area contributed by atoms with Gasteiger partial charge in [0.15, 0.2) is 16.7 Å². The topological polar surface area (TPSA) is 98.4 Å². The fraction of sp³-hybridized carbons (Fsp3) is 0.176. The van der Waals surface area contributed by atoms with Crippen molar-refractivity contribution < 1.29 is 14.4 Å². The average molecular weight is 372 g/mol. The van der Waals surface area contributed by atoms with Gasteiger partial charge in [0.25, 0.3) is 5.69 Å². The number of rotatable bonds is 5. The summed E-state index contributed by atoms with van der Waals surface area (Å²) >= 11 is 1.42. The Morgan fingerprint density at radius 1 is 1.19 bits per heavy atom. The highest BCUT2D eigenvalue weighted by Gasteiger charge is 2.17. The Balaban J connectivity index is 1.82. The van der Waals surface area contributed by atoms with E-state index >= 15 is 0 Å². The number of amidine groups is 1. The van der Waals surface area contributed by atoms with Crippen molar-refractivity contribution in [3.8, 4) is 11.5 Å². The standard InChI is InChI=1S/C17H16N4O4S/c1-24-15-8-7-11(9-16(15)25-2)13-10-26-17(20-19-13)18-12-5-3-4-6-14(12)21(22)23/h3-9H,10H2,1-2H3,(H,18,20). The lowest BCUT2D eigenvalue weighted by atomic mass is 10.1. The maximum absolute atomic E-state index is 11.1. The average Bonchev–Trinajstić information content (AvgIpc) is 2.68. The van der Waals surface area contributed by atoms with Crippen LogP contribution in [0.5, 0.6) is 11.5 Å². The summed E-state index contributed by atoms with van der Waals surface area (Å²) in [6.07, 6.45) is 0. The summed E-state index contributed by atoms with van der Waals surface area (Å²) in [7, 11) is 3.16. The molecule has 2 aromatic rings. The first kappa shape index (κ1) is 17.7. The van der Waals surface area contributed by atoms with Gasteiger partial charge in [-0.05, 0) is 24.3 Å². The van der Waals surface area contributed by atoms with Crippen LogP contribution in [0.3, 0.4) is 0 Å². The van der Waals surface area contributed by atoms with Gasteiger partial charge in [-0.25, -0.2) is 4.99 Å². The summed E-state index contributed by atoms with van der Waals surface area (Å²) in [4.78, 5) is 14.9. The number of nitro benzene ring substituents is 1. The van der Waals surface area contributed by atoms with Gasteiger partial charge in [0.1, 0.15) is 5.69 Å². The lowest BCUT2D eigenvalue weighted by molar-refractivity contribution is -0.384. The van der Waals surface area contributed by atoms with E-state index in [0.717, 1.165) is 11.3 Å². The second-order valence-corrected chi connectivity index (χ2v) is 6.16. The molecule has 0 atom stereocenters. The van der Waals surface area contributed by atoms with Gasteiger partial charge < -0.3 is 9.47 Å². The molecule has 0 aromatic heterocycles. The first-order chi connectivity index (χ1) is 12.6. The van der Waals surface area contributed by atoms with E-state index in [4.69, 9.17) is 9.47 Å². The molecule has 3 rings (SSSR count). The van der Waals surface area contributed by atoms with Crippen LogP contribution in [0.4, 0.5) is 11.4 Å². The fourth-order valence-electron chi connectivity index (χ4n) is 2.36. The Morgan fingerprint density at radius 3 is 2.62 bits per heavy atom. The molecule has 8 nitrogen and oxygen atoms in total. The fourth-order valence-corrected chi connectivity index (χ4v) is 3.14. The van der Waals surface area contributed by atoms with E-state index < -0.39 is 4.92 Å². The minimum atomic E-state index is -0.453. The maximum atomic E-state index is 11.1. The zero-order chi connectivity index (χ0) is 18.5. The van der Waals surface area contributed by atoms with Crippen LogP contribution in [-0.4, -0.2) is 35.8 Å². The normalized spacial score (nSPS) is 15.2. The molecule has 1 aliphatic rings. The highest BCUT2D eigenvalue weighted by atomic mass is 32.2. The van der Waals surface area contributed by atoms with Crippen molar-refractivity contribution in [3.63, 3.8) is 0 Å². The van der Waals surface area contributed by atoms with Gasteiger partial charge in [-0.2, -0.15) is 5.10 Å². The Bertz CT molecular complexity index is 898. The molecule has 0 saturated heterocycles. The van der Waals surface area contributed by atoms with Crippen LogP contribution in [0.15, 0.2) is 52.6 Å². The molecule has 0 fully saturated rings. The van der Waals surface area contributed by atoms with E-state index in [1.807, 2.05) is 18.2 Å². The molecule has 0 saturated carbocycles. The number of nitro groups is 1. The number of benzene rings is 2. The molecule has 0 unspecified atom stereocenters. The van der Waals surface area contributed by atoms with Crippen molar-refractivity contribution in [2.75, 3.05) is 20.0 Å². The molecule has 9 heteroatoms. The van der Waals surface area contributed by atoms with Crippen LogP contribution >= 0.6 is 11.8 Å². The lowest BCUT2D eigenvalue weighted by Gasteiger charge is -2.16. The van der Waals surface area contributed by atoms with Crippen LogP contribution in [0.2, 0.25) is 0 Å². The van der Waals surface area contributed by atoms with Crippen LogP contribution in [0.1, 0.15) is 5.56 Å². The zero-order valence-electron chi connectivity index (χ0n) is 14.1. The van der Waals surface area contributed by atoms with Crippen molar-refractivity contribution in [2.24, 2.45) is 10.1 Å². The van der Waals surface area contributed by atoms with Crippen LogP contribution in [-0.2, 0) is 0 Å². The van der Waals surface area contributed by atoms with E-state index in [0.29, 0.717) is 22.4 Å². The second-order valence-electron chi connectivity index (χ2n) is 5.19. The smallest absolute Gasteiger partial charge is 0.294 e. The van der Waals surface area contributed by atoms with Crippen molar-refractivity contribution in [1.82, 2.24) is 5.43 Å². The van der Waals surface area contributed by atoms with Crippen molar-refractivity contribution in [3.05, 3.63) is 58.1 Å². The number of thioether (sulfide) groups is 1. The number of hydrogen-bond donors (Lipinski definition) is 1. The Kier molecular flexibility index (Phi) is 5.37. The molecule has 0 amide bonds. The predicted octanol–water partition coefficient (Wildman–Crippen LogP) is 3.34. The molecule has 134 valence electrons. The third-order valence-corrected chi connectivity index (χ3v) is 4.52. The Hall–Kier alpha value is -3.07.